The van der Waals surface area contributed by atoms with Gasteiger partial charge in [0, 0.05) is 41.4 Å². The number of methoxy groups -OCH3 is 1. The molecule has 0 aliphatic carbocycles. The average Bonchev–Trinajstić information content (AvgIpc) is 4.14. The monoisotopic (exact) mass is 1070 g/mol. The van der Waals surface area contributed by atoms with Crippen LogP contribution in [0.1, 0.15) is 87.2 Å². The predicted octanol–water partition coefficient (Wildman–Crippen LogP) is 5.58. The van der Waals surface area contributed by atoms with Crippen molar-refractivity contribution in [3.05, 3.63) is 121 Å². The predicted molar refractivity (Wildman–Crippen MR) is 272 cm³/mol. The van der Waals surface area contributed by atoms with E-state index in [-0.39, 0.29) is 78.3 Å². The molecule has 7 heterocycles. The van der Waals surface area contributed by atoms with Crippen LogP contribution in [0, 0.1) is 40.5 Å². The fourth-order valence-electron chi connectivity index (χ4n) is 10.00. The molecule has 0 bridgehead atoms. The van der Waals surface area contributed by atoms with Gasteiger partial charge in [-0.05, 0) is 116 Å². The third-order valence-corrected chi connectivity index (χ3v) is 14.2. The van der Waals surface area contributed by atoms with Crippen molar-refractivity contribution in [1.29, 1.82) is 0 Å². The van der Waals surface area contributed by atoms with Gasteiger partial charge in [-0.3, -0.25) is 4.79 Å². The Kier molecular flexibility index (Phi) is 14.1. The van der Waals surface area contributed by atoms with Crippen LogP contribution in [0.15, 0.2) is 73.2 Å². The number of aryl methyl sites for hydroxylation is 4. The number of carbonyl (C=O) groups excluding carboxylic acids is 3. The number of aromatic amines is 3. The first-order chi connectivity index (χ1) is 36.3. The standard InChI is InChI=1S/C54H58N4O19/c1-21-11-15-30(56-21)47(65)74-43-29(20-59)53(6,7)76-51(39(43)62)70-33-18-14-27-38(61)36(50(68)73-42(27)25(33)5)58-46(64)35-23(3)28(19-55-35)34-37(60)26-13-17-32(24(4)41(26)72-49(34)67)71-52-40(63)44(45(69-10)54(8,9)77-52)75-48(66)31-16-12-22(2)57-31/h11-19,29,39-40,43-45,51-52,55-57,59-63H,20H2,1-10H3,(H,58,64)/t29-,39?,40?,43+,44+,45+,51-,52+/m1/s1. The van der Waals surface area contributed by atoms with E-state index in [4.69, 9.17) is 42.0 Å². The molecule has 408 valence electrons. The second-order valence-corrected chi connectivity index (χ2v) is 20.2. The molecular weight excluding hydrogens is 1010 g/mol. The van der Waals surface area contributed by atoms with Crippen molar-refractivity contribution < 1.29 is 81.9 Å². The van der Waals surface area contributed by atoms with Crippen LogP contribution in [0.3, 0.4) is 0 Å². The molecular formula is C54H58N4O19. The number of hydrogen-bond acceptors (Lipinski definition) is 19. The van der Waals surface area contributed by atoms with E-state index in [9.17, 15) is 49.5 Å². The Morgan fingerprint density at radius 1 is 0.675 bits per heavy atom. The summed E-state index contributed by atoms with van der Waals surface area (Å²) in [5.41, 5.74) is -3.52. The zero-order chi connectivity index (χ0) is 55.7. The fraction of sp³-hybridized carbons (Fsp3) is 0.389. The molecule has 9 rings (SSSR count). The molecule has 1 amide bonds. The Morgan fingerprint density at radius 3 is 1.70 bits per heavy atom. The number of fused-ring (bicyclic) bond motifs is 2. The highest BCUT2D eigenvalue weighted by atomic mass is 16.7. The molecule has 2 saturated heterocycles. The minimum atomic E-state index is -1.61. The highest BCUT2D eigenvalue weighted by Crippen LogP contribution is 2.43. The molecule has 9 N–H and O–H groups in total. The Bertz CT molecular complexity index is 3580. The topological polar surface area (TPSA) is 337 Å². The van der Waals surface area contributed by atoms with Crippen LogP contribution in [0.2, 0.25) is 0 Å². The lowest BCUT2D eigenvalue weighted by molar-refractivity contribution is -0.305. The van der Waals surface area contributed by atoms with E-state index >= 15 is 0 Å². The van der Waals surface area contributed by atoms with E-state index in [1.807, 2.05) is 0 Å². The molecule has 0 spiro atoms. The number of aliphatic hydroxyl groups is 3. The van der Waals surface area contributed by atoms with Crippen LogP contribution in [0.4, 0.5) is 5.69 Å². The number of ether oxygens (including phenoxy) is 7. The number of rotatable bonds is 13. The quantitative estimate of drug-likeness (QED) is 0.0502. The molecule has 2 fully saturated rings. The zero-order valence-electron chi connectivity index (χ0n) is 43.5. The fourth-order valence-corrected chi connectivity index (χ4v) is 10.00. The number of aliphatic hydroxyl groups excluding tert-OH is 3. The normalized spacial score (nSPS) is 22.9. The van der Waals surface area contributed by atoms with Crippen LogP contribution in [-0.2, 0) is 23.7 Å². The molecule has 7 aromatic rings. The first kappa shape index (κ1) is 53.9. The second kappa shape index (κ2) is 20.2. The number of hydrogen-bond donors (Lipinski definition) is 9. The van der Waals surface area contributed by atoms with Gasteiger partial charge in [-0.2, -0.15) is 0 Å². The summed E-state index contributed by atoms with van der Waals surface area (Å²) < 4.78 is 53.0. The number of amides is 1. The van der Waals surface area contributed by atoms with Gasteiger partial charge in [0.25, 0.3) is 5.91 Å². The van der Waals surface area contributed by atoms with Gasteiger partial charge in [-0.15, -0.1) is 0 Å². The summed E-state index contributed by atoms with van der Waals surface area (Å²) >= 11 is 0. The summed E-state index contributed by atoms with van der Waals surface area (Å²) in [6.07, 6.45) is -8.26. The number of carbonyl (C=O) groups is 3. The minimum absolute atomic E-state index is 0.0193. The van der Waals surface area contributed by atoms with Crippen LogP contribution in [0.25, 0.3) is 33.1 Å². The lowest BCUT2D eigenvalue weighted by Gasteiger charge is -2.47. The van der Waals surface area contributed by atoms with Crippen LogP contribution in [0.5, 0.6) is 23.0 Å². The van der Waals surface area contributed by atoms with E-state index in [1.54, 1.807) is 66.7 Å². The first-order valence-electron chi connectivity index (χ1n) is 24.4. The zero-order valence-corrected chi connectivity index (χ0v) is 43.5. The van der Waals surface area contributed by atoms with Gasteiger partial charge in [0.1, 0.15) is 63.3 Å². The van der Waals surface area contributed by atoms with Gasteiger partial charge in [0.2, 0.25) is 12.6 Å². The molecule has 5 aromatic heterocycles. The molecule has 0 radical (unpaired) electrons. The number of aromatic hydroxyl groups is 2. The maximum Gasteiger partial charge on any atom is 0.364 e. The van der Waals surface area contributed by atoms with Crippen molar-refractivity contribution >= 4 is 45.5 Å². The largest absolute Gasteiger partial charge is 0.506 e. The van der Waals surface area contributed by atoms with E-state index in [0.29, 0.717) is 5.69 Å². The smallest absolute Gasteiger partial charge is 0.364 e. The third kappa shape index (κ3) is 9.69. The van der Waals surface area contributed by atoms with Gasteiger partial charge in [-0.1, -0.05) is 0 Å². The van der Waals surface area contributed by atoms with Gasteiger partial charge >= 0.3 is 23.2 Å². The molecule has 23 nitrogen and oxygen atoms in total. The van der Waals surface area contributed by atoms with E-state index in [0.717, 1.165) is 5.69 Å². The molecule has 2 unspecified atom stereocenters. The van der Waals surface area contributed by atoms with Crippen molar-refractivity contribution in [3.63, 3.8) is 0 Å². The Balaban J connectivity index is 0.930. The third-order valence-electron chi connectivity index (χ3n) is 14.2. The van der Waals surface area contributed by atoms with Crippen molar-refractivity contribution in [2.24, 2.45) is 5.92 Å². The number of benzene rings is 2. The highest BCUT2D eigenvalue weighted by Gasteiger charge is 2.54. The van der Waals surface area contributed by atoms with Gasteiger partial charge in [0.15, 0.2) is 29.7 Å². The Morgan fingerprint density at radius 2 is 1.18 bits per heavy atom. The summed E-state index contributed by atoms with van der Waals surface area (Å²) in [6.45, 7) is 14.2. The number of esters is 2. The van der Waals surface area contributed by atoms with Crippen molar-refractivity contribution in [3.8, 4) is 34.1 Å². The molecule has 2 aromatic carbocycles. The van der Waals surface area contributed by atoms with Crippen molar-refractivity contribution in [2.45, 2.75) is 117 Å². The SMILES string of the molecule is CO[C@H]1[C@@H](OC(=O)c2ccc(C)[nH]2)C(O)[C@@H](Oc2ccc3c(O)c(-c4c[nH]c(C(=O)Nc5c(O)c6ccc(O[C@@H]7OC(C)(C)[C@H](CO)[C@H](OC(=O)c8ccc(C)[nH]8)C7O)c(C)c6oc5=O)c4C)c(=O)oc3c2C)OC1(C)C. The molecule has 77 heavy (non-hydrogen) atoms. The number of nitrogens with one attached hydrogen (secondary N) is 4. The Labute approximate surface area is 437 Å². The molecule has 23 heteroatoms. The Hall–Kier alpha value is -7.93. The van der Waals surface area contributed by atoms with Crippen LogP contribution < -0.4 is 26.0 Å². The van der Waals surface area contributed by atoms with Crippen LogP contribution >= 0.6 is 0 Å². The summed E-state index contributed by atoms with van der Waals surface area (Å²) in [5, 5.41) is 58.8. The maximum atomic E-state index is 13.9. The number of aromatic nitrogens is 3. The minimum Gasteiger partial charge on any atom is -0.506 e. The van der Waals surface area contributed by atoms with Crippen molar-refractivity contribution in [1.82, 2.24) is 15.0 Å². The van der Waals surface area contributed by atoms with Crippen LogP contribution in [-0.4, -0.2) is 126 Å². The first-order valence-corrected chi connectivity index (χ1v) is 24.4. The molecule has 2 aliphatic heterocycles. The second-order valence-electron chi connectivity index (χ2n) is 20.2. The van der Waals surface area contributed by atoms with E-state index in [1.165, 1.54) is 57.5 Å². The lowest BCUT2D eigenvalue weighted by Crippen LogP contribution is -2.65. The van der Waals surface area contributed by atoms with Gasteiger partial charge < -0.3 is 87.8 Å². The summed E-state index contributed by atoms with van der Waals surface area (Å²) in [7, 11) is 1.39. The number of anilines is 1. The highest BCUT2D eigenvalue weighted by molar-refractivity contribution is 6.07. The number of H-pyrrole nitrogens is 3. The summed E-state index contributed by atoms with van der Waals surface area (Å²) in [6, 6.07) is 12.1. The molecule has 0 saturated carbocycles. The van der Waals surface area contributed by atoms with E-state index < -0.39 is 113 Å². The maximum absolute atomic E-state index is 13.9. The summed E-state index contributed by atoms with van der Waals surface area (Å²) in [5.74, 6) is -4.37. The molecule has 2 aliphatic rings. The summed E-state index contributed by atoms with van der Waals surface area (Å²) in [4.78, 5) is 75.9. The van der Waals surface area contributed by atoms with Crippen molar-refractivity contribution in [2.75, 3.05) is 19.0 Å². The van der Waals surface area contributed by atoms with E-state index in [2.05, 4.69) is 20.3 Å². The molecule has 8 atom stereocenters. The van der Waals surface area contributed by atoms with Gasteiger partial charge in [0.05, 0.1) is 34.5 Å². The average molecular weight is 1070 g/mol. The van der Waals surface area contributed by atoms with Gasteiger partial charge in [-0.25, -0.2) is 19.2 Å². The lowest BCUT2D eigenvalue weighted by atomic mass is 9.81.